The number of halogens is 2. The topological polar surface area (TPSA) is 64.4 Å². The molecule has 188 valence electrons. The van der Waals surface area contributed by atoms with Gasteiger partial charge in [-0.15, -0.1) is 0 Å². The zero-order valence-electron chi connectivity index (χ0n) is 20.8. The molecule has 2 amide bonds. The van der Waals surface area contributed by atoms with Crippen LogP contribution in [0.4, 0.5) is 8.78 Å². The molecule has 5 rings (SSSR count). The molecule has 2 saturated heterocycles. The normalized spacial score (nSPS) is 18.1. The molecule has 3 aromatic carbocycles. The SMILES string of the molecule is CN(C)C(=O)Cc1ccc(-c2ccc(C(=O)N3C4CCC3CC4)cc2-c2ccc(C#N)c(F)c2)c(F)c1. The van der Waals surface area contributed by atoms with Gasteiger partial charge in [0.05, 0.1) is 12.0 Å². The first-order chi connectivity index (χ1) is 17.8. The monoisotopic (exact) mass is 499 g/mol. The van der Waals surface area contributed by atoms with Crippen LogP contribution in [0.2, 0.25) is 0 Å². The number of rotatable bonds is 5. The van der Waals surface area contributed by atoms with Crippen LogP contribution in [-0.2, 0) is 11.2 Å². The van der Waals surface area contributed by atoms with Crippen molar-refractivity contribution in [1.82, 2.24) is 9.80 Å². The molecular formula is C30H27F2N3O2. The van der Waals surface area contributed by atoms with Crippen LogP contribution >= 0.6 is 0 Å². The highest BCUT2D eigenvalue weighted by Crippen LogP contribution is 2.40. The molecule has 0 aromatic heterocycles. The highest BCUT2D eigenvalue weighted by Gasteiger charge is 2.42. The van der Waals surface area contributed by atoms with Crippen LogP contribution in [0.3, 0.4) is 0 Å². The Labute approximate surface area is 214 Å². The van der Waals surface area contributed by atoms with Gasteiger partial charge >= 0.3 is 0 Å². The average Bonchev–Trinajstić information content (AvgIpc) is 3.49. The predicted octanol–water partition coefficient (Wildman–Crippen LogP) is 5.57. The number of benzene rings is 3. The number of likely N-dealkylation sites (N-methyl/N-ethyl adjacent to an activating group) is 1. The minimum absolute atomic E-state index is 0.0649. The van der Waals surface area contributed by atoms with Crippen LogP contribution in [-0.4, -0.2) is 47.8 Å². The van der Waals surface area contributed by atoms with E-state index in [1.807, 2.05) is 11.0 Å². The number of nitriles is 1. The second-order valence-electron chi connectivity index (χ2n) is 10.0. The van der Waals surface area contributed by atoms with E-state index in [2.05, 4.69) is 0 Å². The van der Waals surface area contributed by atoms with Crippen molar-refractivity contribution in [1.29, 1.82) is 5.26 Å². The number of amides is 2. The molecule has 2 aliphatic rings. The summed E-state index contributed by atoms with van der Waals surface area (Å²) >= 11 is 0. The van der Waals surface area contributed by atoms with Crippen molar-refractivity contribution in [2.75, 3.05) is 14.1 Å². The third kappa shape index (κ3) is 4.60. The maximum Gasteiger partial charge on any atom is 0.254 e. The van der Waals surface area contributed by atoms with Gasteiger partial charge in [-0.2, -0.15) is 5.26 Å². The van der Waals surface area contributed by atoms with Crippen LogP contribution in [0.25, 0.3) is 22.3 Å². The van der Waals surface area contributed by atoms with Gasteiger partial charge in [0.2, 0.25) is 5.91 Å². The van der Waals surface area contributed by atoms with Crippen molar-refractivity contribution in [2.45, 2.75) is 44.2 Å². The fourth-order valence-electron chi connectivity index (χ4n) is 5.54. The first-order valence-electron chi connectivity index (χ1n) is 12.4. The molecule has 2 fully saturated rings. The number of hydrogen-bond acceptors (Lipinski definition) is 3. The molecule has 0 atom stereocenters. The molecular weight excluding hydrogens is 472 g/mol. The number of nitrogens with zero attached hydrogens (tertiary/aromatic N) is 3. The number of hydrogen-bond donors (Lipinski definition) is 0. The summed E-state index contributed by atoms with van der Waals surface area (Å²) in [5.74, 6) is -1.40. The molecule has 0 radical (unpaired) electrons. The van der Waals surface area contributed by atoms with Gasteiger partial charge in [0.25, 0.3) is 5.91 Å². The van der Waals surface area contributed by atoms with E-state index in [4.69, 9.17) is 5.26 Å². The molecule has 7 heteroatoms. The van der Waals surface area contributed by atoms with Gasteiger partial charge in [-0.05, 0) is 78.3 Å². The first kappa shape index (κ1) is 24.6. The molecule has 0 aliphatic carbocycles. The smallest absolute Gasteiger partial charge is 0.254 e. The van der Waals surface area contributed by atoms with Crippen molar-refractivity contribution < 1.29 is 18.4 Å². The van der Waals surface area contributed by atoms with Crippen molar-refractivity contribution in [3.8, 4) is 28.3 Å². The van der Waals surface area contributed by atoms with Gasteiger partial charge in [0, 0.05) is 37.3 Å². The van der Waals surface area contributed by atoms with Gasteiger partial charge in [-0.1, -0.05) is 24.3 Å². The zero-order valence-corrected chi connectivity index (χ0v) is 20.8. The van der Waals surface area contributed by atoms with Crippen LogP contribution < -0.4 is 0 Å². The van der Waals surface area contributed by atoms with Crippen molar-refractivity contribution in [3.05, 3.63) is 82.9 Å². The van der Waals surface area contributed by atoms with Crippen LogP contribution in [0.1, 0.15) is 47.2 Å². The lowest BCUT2D eigenvalue weighted by Gasteiger charge is -2.23. The minimum atomic E-state index is -0.682. The largest absolute Gasteiger partial charge is 0.349 e. The van der Waals surface area contributed by atoms with E-state index in [1.54, 1.807) is 50.5 Å². The third-order valence-corrected chi connectivity index (χ3v) is 7.53. The Balaban J connectivity index is 1.58. The van der Waals surface area contributed by atoms with E-state index < -0.39 is 11.6 Å². The van der Waals surface area contributed by atoms with Crippen LogP contribution in [0.5, 0.6) is 0 Å². The van der Waals surface area contributed by atoms with Crippen LogP contribution in [0, 0.1) is 23.0 Å². The molecule has 3 aromatic rings. The van der Waals surface area contributed by atoms with E-state index in [0.717, 1.165) is 25.7 Å². The highest BCUT2D eigenvalue weighted by molar-refractivity contribution is 5.98. The summed E-state index contributed by atoms with van der Waals surface area (Å²) in [6, 6.07) is 16.3. The van der Waals surface area contributed by atoms with Crippen LogP contribution in [0.15, 0.2) is 54.6 Å². The first-order valence-corrected chi connectivity index (χ1v) is 12.4. The van der Waals surface area contributed by atoms with Gasteiger partial charge in [-0.25, -0.2) is 8.78 Å². The molecule has 5 nitrogen and oxygen atoms in total. The van der Waals surface area contributed by atoms with Gasteiger partial charge < -0.3 is 9.80 Å². The molecule has 0 spiro atoms. The molecule has 0 saturated carbocycles. The summed E-state index contributed by atoms with van der Waals surface area (Å²) in [5, 5.41) is 9.15. The van der Waals surface area contributed by atoms with E-state index in [-0.39, 0.29) is 41.4 Å². The highest BCUT2D eigenvalue weighted by atomic mass is 19.1. The second kappa shape index (κ2) is 9.78. The maximum absolute atomic E-state index is 15.4. The Hall–Kier alpha value is -4.05. The summed E-state index contributed by atoms with van der Waals surface area (Å²) in [7, 11) is 3.29. The fraction of sp³-hybridized carbons (Fsp3) is 0.300. The lowest BCUT2D eigenvalue weighted by molar-refractivity contribution is -0.127. The summed E-state index contributed by atoms with van der Waals surface area (Å²) < 4.78 is 30.0. The molecule has 37 heavy (non-hydrogen) atoms. The molecule has 2 bridgehead atoms. The Bertz CT molecular complexity index is 1420. The predicted molar refractivity (Wildman–Crippen MR) is 137 cm³/mol. The standard InChI is InChI=1S/C30H27F2N3O2/c1-34(2)29(36)14-18-3-11-25(28(32)13-18)24-12-6-20(30(37)35-22-7-8-23(35)10-9-22)15-26(24)19-4-5-21(17-33)27(31)16-19/h3-6,11-13,15-16,22-23H,7-10,14H2,1-2H3. The van der Waals surface area contributed by atoms with Gasteiger partial charge in [0.1, 0.15) is 17.7 Å². The van der Waals surface area contributed by atoms with E-state index in [9.17, 15) is 14.0 Å². The summed E-state index contributed by atoms with van der Waals surface area (Å²) in [5.41, 5.74) is 2.63. The van der Waals surface area contributed by atoms with Crippen molar-refractivity contribution in [3.63, 3.8) is 0 Å². The third-order valence-electron chi connectivity index (χ3n) is 7.53. The summed E-state index contributed by atoms with van der Waals surface area (Å²) in [4.78, 5) is 29.0. The lowest BCUT2D eigenvalue weighted by atomic mass is 9.91. The minimum Gasteiger partial charge on any atom is -0.349 e. The van der Waals surface area contributed by atoms with Gasteiger partial charge in [0.15, 0.2) is 0 Å². The average molecular weight is 500 g/mol. The van der Waals surface area contributed by atoms with E-state index >= 15 is 4.39 Å². The van der Waals surface area contributed by atoms with E-state index in [1.165, 1.54) is 23.1 Å². The fourth-order valence-corrected chi connectivity index (χ4v) is 5.54. The van der Waals surface area contributed by atoms with E-state index in [0.29, 0.717) is 27.8 Å². The summed E-state index contributed by atoms with van der Waals surface area (Å²) in [6.07, 6.45) is 4.11. The number of carbonyl (C=O) groups is 2. The molecule has 0 N–H and O–H groups in total. The summed E-state index contributed by atoms with van der Waals surface area (Å²) in [6.45, 7) is 0. The molecule has 2 aliphatic heterocycles. The Kier molecular flexibility index (Phi) is 6.51. The quantitative estimate of drug-likeness (QED) is 0.461. The molecule has 2 heterocycles. The zero-order chi connectivity index (χ0) is 26.3. The molecule has 0 unspecified atom stereocenters. The maximum atomic E-state index is 15.4. The Morgan fingerprint density at radius 3 is 2.16 bits per heavy atom. The van der Waals surface area contributed by atoms with Gasteiger partial charge in [-0.3, -0.25) is 9.59 Å². The Morgan fingerprint density at radius 2 is 1.57 bits per heavy atom. The second-order valence-corrected chi connectivity index (χ2v) is 10.0. The number of fused-ring (bicyclic) bond motifs is 2. The van der Waals surface area contributed by atoms with Crippen molar-refractivity contribution >= 4 is 11.8 Å². The van der Waals surface area contributed by atoms with Crippen molar-refractivity contribution in [2.24, 2.45) is 0 Å². The number of carbonyl (C=O) groups excluding carboxylic acids is 2. The lowest BCUT2D eigenvalue weighted by Crippen LogP contribution is -2.35. The Morgan fingerprint density at radius 1 is 0.892 bits per heavy atom.